The van der Waals surface area contributed by atoms with Gasteiger partial charge < -0.3 is 37.2 Å². The van der Waals surface area contributed by atoms with Gasteiger partial charge in [0.15, 0.2) is 0 Å². The summed E-state index contributed by atoms with van der Waals surface area (Å²) in [6.45, 7) is 56.8. The van der Waals surface area contributed by atoms with Gasteiger partial charge in [0.2, 0.25) is 0 Å². The minimum Gasteiger partial charge on any atom is -1.00 e. The zero-order chi connectivity index (χ0) is 40.9. The van der Waals surface area contributed by atoms with E-state index in [0.29, 0.717) is 0 Å². The fraction of sp³-hybridized carbons (Fsp3) is 0.511. The molecule has 56 heavy (non-hydrogen) atoms. The van der Waals surface area contributed by atoms with Crippen LogP contribution in [0.1, 0.15) is 27.7 Å². The molecule has 1 aliphatic carbocycles. The first-order chi connectivity index (χ1) is 23.6. The summed E-state index contributed by atoms with van der Waals surface area (Å²) >= 11 is 2.54. The maximum Gasteiger partial charge on any atom is -1.00 e. The molecule has 1 aliphatic rings. The van der Waals surface area contributed by atoms with Gasteiger partial charge in [0, 0.05) is 0 Å². The van der Waals surface area contributed by atoms with Crippen molar-refractivity contribution in [3.8, 4) is 0 Å². The van der Waals surface area contributed by atoms with E-state index in [0.717, 1.165) is 0 Å². The molecule has 11 heteroatoms. The molecule has 3 aromatic rings. The molecule has 0 nitrogen and oxygen atoms in total. The van der Waals surface area contributed by atoms with Crippen LogP contribution in [0, 0.1) is 0 Å². The van der Waals surface area contributed by atoms with Crippen LogP contribution < -0.4 is 83.9 Å². The largest absolute Gasteiger partial charge is 1.00 e. The van der Waals surface area contributed by atoms with Gasteiger partial charge in [-0.1, -0.05) is 0 Å². The minimum atomic E-state index is -3.00. The average Bonchev–Trinajstić information content (AvgIpc) is 3.14. The Labute approximate surface area is 383 Å². The summed E-state index contributed by atoms with van der Waals surface area (Å²) in [6, 6.07) is 24.5. The quantitative estimate of drug-likeness (QED) is 0.188. The third-order valence-corrected chi connectivity index (χ3v) is 33.4. The molecule has 0 fully saturated rings. The minimum absolute atomic E-state index is 0. The Kier molecular flexibility index (Phi) is 17.0. The summed E-state index contributed by atoms with van der Waals surface area (Å²) in [5, 5.41) is 15.1. The van der Waals surface area contributed by atoms with E-state index in [1.165, 1.54) is 11.1 Å². The van der Waals surface area contributed by atoms with Crippen molar-refractivity contribution in [1.29, 1.82) is 0 Å². The second-order valence-electron chi connectivity index (χ2n) is 22.9. The van der Waals surface area contributed by atoms with Crippen LogP contribution in [-0.2, 0) is 20.4 Å². The van der Waals surface area contributed by atoms with Crippen molar-refractivity contribution in [2.24, 2.45) is 0 Å². The van der Waals surface area contributed by atoms with Crippen molar-refractivity contribution < 1.29 is 57.7 Å². The van der Waals surface area contributed by atoms with Crippen molar-refractivity contribution in [1.82, 2.24) is 0 Å². The molecule has 3 aromatic carbocycles. The first-order valence-electron chi connectivity index (χ1n) is 20.2. The van der Waals surface area contributed by atoms with E-state index in [2.05, 4.69) is 221 Å². The maximum absolute atomic E-state index is 3.00. The summed E-state index contributed by atoms with van der Waals surface area (Å²) in [6.07, 6.45) is 0. The van der Waals surface area contributed by atoms with E-state index in [9.17, 15) is 0 Å². The molecule has 0 bridgehead atoms. The van der Waals surface area contributed by atoms with Crippen molar-refractivity contribution in [3.63, 3.8) is 0 Å². The third kappa shape index (κ3) is 9.65. The third-order valence-electron chi connectivity index (χ3n) is 12.8. The molecule has 0 N–H and O–H groups in total. The van der Waals surface area contributed by atoms with Crippen molar-refractivity contribution in [3.05, 3.63) is 75.2 Å². The van der Waals surface area contributed by atoms with Gasteiger partial charge >= 0.3 is 349 Å². The first-order valence-corrected chi connectivity index (χ1v) is 44.0. The van der Waals surface area contributed by atoms with Gasteiger partial charge in [-0.05, 0) is 0 Å². The molecule has 0 amide bonds. The van der Waals surface area contributed by atoms with Gasteiger partial charge in [0.05, 0.1) is 0 Å². The van der Waals surface area contributed by atoms with Crippen molar-refractivity contribution in [2.45, 2.75) is 151 Å². The monoisotopic (exact) mass is 964 g/mol. The van der Waals surface area contributed by atoms with Crippen LogP contribution >= 0.6 is 0 Å². The van der Waals surface area contributed by atoms with E-state index in [1.807, 2.05) is 0 Å². The number of benzene rings is 3. The van der Waals surface area contributed by atoms with Crippen molar-refractivity contribution in [2.75, 3.05) is 0 Å². The second-order valence-corrected chi connectivity index (χ2v) is 58.2. The van der Waals surface area contributed by atoms with Gasteiger partial charge in [-0.25, -0.2) is 0 Å². The number of halogens is 3. The van der Waals surface area contributed by atoms with Crippen LogP contribution in [0.5, 0.6) is 0 Å². The summed E-state index contributed by atoms with van der Waals surface area (Å²) in [7, 11) is -13.4. The van der Waals surface area contributed by atoms with Crippen LogP contribution in [0.3, 0.4) is 0 Å². The normalized spacial score (nSPS) is 17.4. The van der Waals surface area contributed by atoms with Crippen molar-refractivity contribution >= 4 is 103 Å². The predicted molar refractivity (Wildman–Crippen MR) is 261 cm³/mol. The molecular weight excluding hydrogens is 891 g/mol. The molecule has 4 rings (SSSR count). The summed E-state index contributed by atoms with van der Waals surface area (Å²) in [5.41, 5.74) is 4.66. The molecule has 1 atom stereocenters. The molecule has 0 saturated heterocycles. The Bertz CT molecular complexity index is 1790. The Morgan fingerprint density at radius 2 is 0.625 bits per heavy atom. The second kappa shape index (κ2) is 17.5. The van der Waals surface area contributed by atoms with Crippen LogP contribution in [0.2, 0.25) is 123 Å². The van der Waals surface area contributed by atoms with Gasteiger partial charge in [-0.15, -0.1) is 0 Å². The Morgan fingerprint density at radius 1 is 0.375 bits per heavy atom. The predicted octanol–water partition coefficient (Wildman–Crippen LogP) is -0.629. The van der Waals surface area contributed by atoms with Crippen LogP contribution in [0.4, 0.5) is 0 Å². The molecule has 0 aliphatic heterocycles. The number of rotatable bonds is 10. The SMILES string of the molecule is CC1=C(C)C(C)([Si](c2ccc([Si](C)(C)C)cc2[Si](C)(C)C)(c2ccc([Si](C)(C)C)cc2[Si](C)(C)C)c2ccc([Si](C)(C)C)cc2[Si](C)(C)C)[C]([Ti+3])=C1C.[Cl-].[Cl-].[Cl-]. The van der Waals surface area contributed by atoms with E-state index in [1.54, 1.807) is 56.1 Å². The fourth-order valence-corrected chi connectivity index (χ4v) is 30.1. The Morgan fingerprint density at radius 3 is 0.804 bits per heavy atom. The van der Waals surface area contributed by atoms with Gasteiger partial charge in [-0.3, -0.25) is 0 Å². The van der Waals surface area contributed by atoms with E-state index in [-0.39, 0.29) is 42.3 Å². The number of allylic oxidation sites excluding steroid dienone is 4. The topological polar surface area (TPSA) is 0 Å². The van der Waals surface area contributed by atoms with E-state index >= 15 is 0 Å². The standard InChI is InChI=1S/C45H75Si7.3ClH.Ti/c1-33-32-45(4,35(3)34(33)2)52(39-26-23-36(46(5,6)7)29-42(39)49(14,15)16,40-27-24-37(47(8,9)10)30-43(40)50(17,18)19)41-28-25-38(48(11,12)13)31-44(41)51(20,21)22;;;;/h23-31H,1-22H3;3*1H;/q;;;;+3/p-3. The molecule has 0 spiro atoms. The molecule has 0 heterocycles. The van der Waals surface area contributed by atoms with Gasteiger partial charge in [0.25, 0.3) is 0 Å². The molecule has 0 radical (unpaired) electrons. The fourth-order valence-electron chi connectivity index (χ4n) is 8.99. The molecule has 0 aromatic heterocycles. The van der Waals surface area contributed by atoms with Crippen LogP contribution in [0.15, 0.2) is 75.2 Å². The molecule has 0 saturated carbocycles. The first kappa shape index (κ1) is 54.3. The summed E-state index contributed by atoms with van der Waals surface area (Å²) in [4.78, 5) is 0. The smallest absolute Gasteiger partial charge is 1.00 e. The zero-order valence-electron chi connectivity index (χ0n) is 39.3. The van der Waals surface area contributed by atoms with Crippen LogP contribution in [-0.4, -0.2) is 56.5 Å². The van der Waals surface area contributed by atoms with E-state index in [4.69, 9.17) is 0 Å². The summed E-state index contributed by atoms with van der Waals surface area (Å²) < 4.78 is 1.61. The molecular formula is C45H75Cl3Si7Ti. The van der Waals surface area contributed by atoms with Crippen LogP contribution in [0.25, 0.3) is 0 Å². The Balaban J connectivity index is 0.00000523. The van der Waals surface area contributed by atoms with Gasteiger partial charge in [-0.2, -0.15) is 0 Å². The zero-order valence-corrected chi connectivity index (χ0v) is 50.2. The van der Waals surface area contributed by atoms with Gasteiger partial charge in [0.1, 0.15) is 0 Å². The molecule has 308 valence electrons. The molecule has 1 unspecified atom stereocenters. The number of hydrogen-bond donors (Lipinski definition) is 0. The number of hydrogen-bond acceptors (Lipinski definition) is 0. The Hall–Kier alpha value is 0.242. The van der Waals surface area contributed by atoms with E-state index < -0.39 is 56.5 Å². The summed E-state index contributed by atoms with van der Waals surface area (Å²) in [5.74, 6) is 0. The maximum atomic E-state index is 2.78. The average molecular weight is 967 g/mol.